The molecule has 0 N–H and O–H groups in total. The molecule has 154 valence electrons. The predicted molar refractivity (Wildman–Crippen MR) is 114 cm³/mol. The van der Waals surface area contributed by atoms with Gasteiger partial charge in [0.05, 0.1) is 11.1 Å². The summed E-state index contributed by atoms with van der Waals surface area (Å²) in [6.07, 6.45) is 5.23. The number of carbonyl (C=O) groups is 2. The zero-order valence-electron chi connectivity index (χ0n) is 17.4. The molecule has 2 fully saturated rings. The Bertz CT molecular complexity index is 913. The maximum absolute atomic E-state index is 13.2. The van der Waals surface area contributed by atoms with Crippen molar-refractivity contribution >= 4 is 22.7 Å². The average molecular weight is 395 g/mol. The molecule has 2 aliphatic heterocycles. The molecule has 1 aromatic carbocycles. The van der Waals surface area contributed by atoms with Crippen LogP contribution in [0, 0.1) is 5.41 Å². The molecule has 0 unspecified atom stereocenters. The molecule has 1 atom stereocenters. The molecule has 4 rings (SSSR count). The number of rotatable bonds is 4. The molecule has 1 aromatic heterocycles. The summed E-state index contributed by atoms with van der Waals surface area (Å²) in [5.41, 5.74) is 1.58. The highest BCUT2D eigenvalue weighted by Gasteiger charge is 2.42. The van der Waals surface area contributed by atoms with E-state index in [4.69, 9.17) is 0 Å². The van der Waals surface area contributed by atoms with Crippen molar-refractivity contribution in [3.8, 4) is 0 Å². The van der Waals surface area contributed by atoms with Gasteiger partial charge in [0.15, 0.2) is 0 Å². The van der Waals surface area contributed by atoms with Crippen LogP contribution in [0.15, 0.2) is 36.5 Å². The van der Waals surface area contributed by atoms with E-state index in [1.807, 2.05) is 54.2 Å². The fraction of sp³-hybridized carbons (Fsp3) is 0.522. The second-order valence-corrected chi connectivity index (χ2v) is 8.87. The van der Waals surface area contributed by atoms with Gasteiger partial charge < -0.3 is 14.7 Å². The third-order valence-corrected chi connectivity index (χ3v) is 6.35. The van der Waals surface area contributed by atoms with Crippen LogP contribution in [0.4, 0.5) is 0 Å². The van der Waals surface area contributed by atoms with Crippen LogP contribution in [0.1, 0.15) is 36.0 Å². The number of likely N-dealkylation sites (tertiary alicyclic amines) is 2. The molecule has 6 nitrogen and oxygen atoms in total. The van der Waals surface area contributed by atoms with Crippen molar-refractivity contribution in [2.45, 2.75) is 25.7 Å². The normalized spacial score (nSPS) is 22.7. The van der Waals surface area contributed by atoms with Gasteiger partial charge in [-0.1, -0.05) is 18.2 Å². The lowest BCUT2D eigenvalue weighted by molar-refractivity contribution is -0.139. The van der Waals surface area contributed by atoms with Gasteiger partial charge in [-0.3, -0.25) is 14.6 Å². The topological polar surface area (TPSA) is 56.8 Å². The van der Waals surface area contributed by atoms with Crippen LogP contribution in [0.3, 0.4) is 0 Å². The van der Waals surface area contributed by atoms with Crippen LogP contribution < -0.4 is 0 Å². The first kappa shape index (κ1) is 19.8. The van der Waals surface area contributed by atoms with Gasteiger partial charge in [-0.05, 0) is 45.5 Å². The summed E-state index contributed by atoms with van der Waals surface area (Å²) in [6, 6.07) is 9.82. The van der Waals surface area contributed by atoms with Gasteiger partial charge in [0.25, 0.3) is 5.91 Å². The number of pyridine rings is 1. The number of nitrogens with zero attached hydrogens (tertiary/aromatic N) is 4. The van der Waals surface area contributed by atoms with Crippen molar-refractivity contribution in [2.24, 2.45) is 5.41 Å². The quantitative estimate of drug-likeness (QED) is 0.800. The van der Waals surface area contributed by atoms with Crippen molar-refractivity contribution in [1.29, 1.82) is 0 Å². The molecule has 0 aliphatic carbocycles. The monoisotopic (exact) mass is 394 g/mol. The molecular formula is C23H30N4O2. The lowest BCUT2D eigenvalue weighted by Gasteiger charge is -2.48. The zero-order valence-corrected chi connectivity index (χ0v) is 17.4. The number of hydrogen-bond acceptors (Lipinski definition) is 4. The van der Waals surface area contributed by atoms with Crippen molar-refractivity contribution in [2.75, 3.05) is 46.8 Å². The first-order valence-corrected chi connectivity index (χ1v) is 10.5. The molecule has 0 bridgehead atoms. The smallest absolute Gasteiger partial charge is 0.255 e. The number of carbonyl (C=O) groups excluding carboxylic acids is 2. The van der Waals surface area contributed by atoms with Gasteiger partial charge >= 0.3 is 0 Å². The number of hydrogen-bond donors (Lipinski definition) is 0. The van der Waals surface area contributed by atoms with Gasteiger partial charge in [0.2, 0.25) is 5.91 Å². The first-order valence-electron chi connectivity index (χ1n) is 10.5. The van der Waals surface area contributed by atoms with Gasteiger partial charge in [-0.2, -0.15) is 0 Å². The third-order valence-electron chi connectivity index (χ3n) is 6.35. The minimum atomic E-state index is 0.0262. The highest BCUT2D eigenvalue weighted by atomic mass is 16.2. The standard InChI is InChI=1S/C23H30N4O2/c1-25(2)12-13-26-16-23(10-8-21(26)28)9-5-11-27(17-23)22(29)19-14-18-6-3-4-7-20(18)24-15-19/h3-4,6-7,14-15H,5,8-13,16-17H2,1-2H3/t23-/m1/s1. The second kappa shape index (κ2) is 8.11. The Morgan fingerprint density at radius 2 is 2.03 bits per heavy atom. The number of para-hydroxylation sites is 1. The Labute approximate surface area is 172 Å². The highest BCUT2D eigenvalue weighted by Crippen LogP contribution is 2.39. The fourth-order valence-electron chi connectivity index (χ4n) is 4.71. The molecule has 1 spiro atoms. The Kier molecular flexibility index (Phi) is 5.54. The van der Waals surface area contributed by atoms with E-state index in [9.17, 15) is 9.59 Å². The van der Waals surface area contributed by atoms with E-state index in [0.29, 0.717) is 12.0 Å². The summed E-state index contributed by atoms with van der Waals surface area (Å²) in [7, 11) is 4.06. The summed E-state index contributed by atoms with van der Waals surface area (Å²) in [5.74, 6) is 0.304. The number of aromatic nitrogens is 1. The van der Waals surface area contributed by atoms with E-state index < -0.39 is 0 Å². The lowest BCUT2D eigenvalue weighted by atomic mass is 9.73. The maximum Gasteiger partial charge on any atom is 0.255 e. The number of piperidine rings is 2. The number of benzene rings is 1. The zero-order chi connectivity index (χ0) is 20.4. The van der Waals surface area contributed by atoms with Crippen LogP contribution in [0.5, 0.6) is 0 Å². The van der Waals surface area contributed by atoms with E-state index in [1.54, 1.807) is 6.20 Å². The number of amides is 2. The SMILES string of the molecule is CN(C)CCN1C[C@@]2(CCCN(C(=O)c3cnc4ccccc4c3)C2)CCC1=O. The predicted octanol–water partition coefficient (Wildman–Crippen LogP) is 2.64. The van der Waals surface area contributed by atoms with Crippen molar-refractivity contribution in [1.82, 2.24) is 19.7 Å². The van der Waals surface area contributed by atoms with Crippen LogP contribution in [0.2, 0.25) is 0 Å². The van der Waals surface area contributed by atoms with Crippen LogP contribution in [-0.4, -0.2) is 78.3 Å². The van der Waals surface area contributed by atoms with E-state index in [1.165, 1.54) is 0 Å². The molecule has 3 heterocycles. The second-order valence-electron chi connectivity index (χ2n) is 8.87. The maximum atomic E-state index is 13.2. The number of likely N-dealkylation sites (N-methyl/N-ethyl adjacent to an activating group) is 1. The van der Waals surface area contributed by atoms with Gasteiger partial charge in [-0.15, -0.1) is 0 Å². The molecule has 2 amide bonds. The average Bonchev–Trinajstić information content (AvgIpc) is 2.74. The van der Waals surface area contributed by atoms with E-state index in [2.05, 4.69) is 9.88 Å². The molecule has 2 aromatic rings. The number of fused-ring (bicyclic) bond motifs is 1. The Morgan fingerprint density at radius 3 is 2.86 bits per heavy atom. The third kappa shape index (κ3) is 4.27. The van der Waals surface area contributed by atoms with Crippen LogP contribution in [-0.2, 0) is 4.79 Å². The van der Waals surface area contributed by atoms with Crippen molar-refractivity contribution < 1.29 is 9.59 Å². The lowest BCUT2D eigenvalue weighted by Crippen LogP contribution is -2.55. The molecule has 6 heteroatoms. The summed E-state index contributed by atoms with van der Waals surface area (Å²) in [4.78, 5) is 36.2. The van der Waals surface area contributed by atoms with Gasteiger partial charge in [-0.25, -0.2) is 0 Å². The van der Waals surface area contributed by atoms with Crippen LogP contribution >= 0.6 is 0 Å². The highest BCUT2D eigenvalue weighted by molar-refractivity contribution is 5.97. The fourth-order valence-corrected chi connectivity index (χ4v) is 4.71. The summed E-state index contributed by atoms with van der Waals surface area (Å²) in [5, 5.41) is 0.989. The molecule has 2 aliphatic rings. The van der Waals surface area contributed by atoms with E-state index in [0.717, 1.165) is 62.9 Å². The summed E-state index contributed by atoms with van der Waals surface area (Å²) in [6.45, 7) is 3.90. The van der Waals surface area contributed by atoms with Crippen molar-refractivity contribution in [3.63, 3.8) is 0 Å². The summed E-state index contributed by atoms with van der Waals surface area (Å²) < 4.78 is 0. The van der Waals surface area contributed by atoms with Gasteiger partial charge in [0, 0.05) is 56.1 Å². The molecule has 0 radical (unpaired) electrons. The Balaban J connectivity index is 1.49. The van der Waals surface area contributed by atoms with Gasteiger partial charge in [0.1, 0.15) is 0 Å². The largest absolute Gasteiger partial charge is 0.341 e. The van der Waals surface area contributed by atoms with Crippen molar-refractivity contribution in [3.05, 3.63) is 42.1 Å². The molecule has 29 heavy (non-hydrogen) atoms. The molecular weight excluding hydrogens is 364 g/mol. The van der Waals surface area contributed by atoms with Crippen LogP contribution in [0.25, 0.3) is 10.9 Å². The minimum absolute atomic E-state index is 0.0262. The molecule has 0 saturated carbocycles. The summed E-state index contributed by atoms with van der Waals surface area (Å²) >= 11 is 0. The Hall–Kier alpha value is -2.47. The molecule has 2 saturated heterocycles. The van der Waals surface area contributed by atoms with E-state index >= 15 is 0 Å². The Morgan fingerprint density at radius 1 is 1.21 bits per heavy atom. The minimum Gasteiger partial charge on any atom is -0.341 e. The first-order chi connectivity index (χ1) is 14.0. The van der Waals surface area contributed by atoms with E-state index in [-0.39, 0.29) is 17.2 Å².